The lowest BCUT2D eigenvalue weighted by Crippen LogP contribution is -2.23. The summed E-state index contributed by atoms with van der Waals surface area (Å²) in [6, 6.07) is 3.51. The molecule has 1 aromatic rings. The lowest BCUT2D eigenvalue weighted by molar-refractivity contribution is 0.171. The van der Waals surface area contributed by atoms with Crippen LogP contribution in [0.1, 0.15) is 12.0 Å². The molecule has 1 fully saturated rings. The molecule has 0 aliphatic carbocycles. The number of hydrogen-bond acceptors (Lipinski definition) is 5. The average Bonchev–Trinajstić information content (AvgIpc) is 2.94. The second-order valence-corrected chi connectivity index (χ2v) is 8.02. The van der Waals surface area contributed by atoms with Gasteiger partial charge in [0, 0.05) is 11.1 Å². The molecule has 1 saturated heterocycles. The molecule has 5 nitrogen and oxygen atoms in total. The highest BCUT2D eigenvalue weighted by Gasteiger charge is 2.30. The molecule has 7 heteroatoms. The predicted molar refractivity (Wildman–Crippen MR) is 77.0 cm³/mol. The standard InChI is InChI=1S/C13H15BrO5S/c14-11-6-13-12(18-3-4-19-13)5-9(11)8-20(15,16)10-1-2-17-7-10/h5-6,10H,1-4,7-8H2. The van der Waals surface area contributed by atoms with Crippen molar-refractivity contribution >= 4 is 25.8 Å². The van der Waals surface area contributed by atoms with Crippen LogP contribution in [0.15, 0.2) is 16.6 Å². The molecule has 1 atom stereocenters. The smallest absolute Gasteiger partial charge is 0.162 e. The van der Waals surface area contributed by atoms with E-state index in [0.717, 1.165) is 4.47 Å². The Hall–Kier alpha value is -0.790. The number of rotatable bonds is 3. The molecule has 1 unspecified atom stereocenters. The zero-order valence-electron chi connectivity index (χ0n) is 10.8. The van der Waals surface area contributed by atoms with Gasteiger partial charge in [0.1, 0.15) is 13.2 Å². The topological polar surface area (TPSA) is 61.8 Å². The number of hydrogen-bond donors (Lipinski definition) is 0. The Balaban J connectivity index is 1.87. The SMILES string of the molecule is O=S(=O)(Cc1cc2c(cc1Br)OCCO2)C1CCOC1. The van der Waals surface area contributed by atoms with Crippen molar-refractivity contribution in [3.8, 4) is 11.5 Å². The van der Waals surface area contributed by atoms with Gasteiger partial charge in [-0.05, 0) is 24.1 Å². The largest absolute Gasteiger partial charge is 0.486 e. The second kappa shape index (κ2) is 5.54. The van der Waals surface area contributed by atoms with Gasteiger partial charge in [-0.1, -0.05) is 15.9 Å². The summed E-state index contributed by atoms with van der Waals surface area (Å²) in [5.41, 5.74) is 0.696. The monoisotopic (exact) mass is 362 g/mol. The molecule has 3 rings (SSSR count). The molecule has 0 aromatic heterocycles. The zero-order valence-corrected chi connectivity index (χ0v) is 13.2. The van der Waals surface area contributed by atoms with Crippen molar-refractivity contribution < 1.29 is 22.6 Å². The van der Waals surface area contributed by atoms with Crippen molar-refractivity contribution in [2.45, 2.75) is 17.4 Å². The molecule has 2 aliphatic rings. The van der Waals surface area contributed by atoms with Crippen molar-refractivity contribution in [1.82, 2.24) is 0 Å². The highest BCUT2D eigenvalue weighted by molar-refractivity contribution is 9.10. The van der Waals surface area contributed by atoms with E-state index >= 15 is 0 Å². The summed E-state index contributed by atoms with van der Waals surface area (Å²) in [5.74, 6) is 1.24. The molecule has 1 aromatic carbocycles. The molecule has 2 aliphatic heterocycles. The summed E-state index contributed by atoms with van der Waals surface area (Å²) in [4.78, 5) is 0. The van der Waals surface area contributed by atoms with E-state index < -0.39 is 15.1 Å². The van der Waals surface area contributed by atoms with Gasteiger partial charge in [-0.25, -0.2) is 8.42 Å². The van der Waals surface area contributed by atoms with Crippen molar-refractivity contribution in [3.63, 3.8) is 0 Å². The van der Waals surface area contributed by atoms with Gasteiger partial charge in [-0.3, -0.25) is 0 Å². The minimum Gasteiger partial charge on any atom is -0.486 e. The molecule has 0 saturated carbocycles. The lowest BCUT2D eigenvalue weighted by atomic mass is 10.2. The van der Waals surface area contributed by atoms with Crippen LogP contribution in [0.2, 0.25) is 0 Å². The van der Waals surface area contributed by atoms with Crippen LogP contribution in [0.5, 0.6) is 11.5 Å². The number of ether oxygens (including phenoxy) is 3. The van der Waals surface area contributed by atoms with Crippen LogP contribution >= 0.6 is 15.9 Å². The third-order valence-electron chi connectivity index (χ3n) is 3.46. The summed E-state index contributed by atoms with van der Waals surface area (Å²) >= 11 is 3.41. The molecular formula is C13H15BrO5S. The highest BCUT2D eigenvalue weighted by atomic mass is 79.9. The quantitative estimate of drug-likeness (QED) is 0.821. The van der Waals surface area contributed by atoms with Gasteiger partial charge in [0.25, 0.3) is 0 Å². The fraction of sp³-hybridized carbons (Fsp3) is 0.538. The van der Waals surface area contributed by atoms with Crippen molar-refractivity contribution in [2.24, 2.45) is 0 Å². The first-order valence-electron chi connectivity index (χ1n) is 6.43. The maximum absolute atomic E-state index is 12.3. The molecule has 0 N–H and O–H groups in total. The van der Waals surface area contributed by atoms with Crippen LogP contribution in [0, 0.1) is 0 Å². The Morgan fingerprint density at radius 2 is 1.85 bits per heavy atom. The minimum atomic E-state index is -3.21. The van der Waals surface area contributed by atoms with Crippen LogP contribution in [-0.4, -0.2) is 40.1 Å². The van der Waals surface area contributed by atoms with E-state index in [4.69, 9.17) is 14.2 Å². The molecule has 0 amide bonds. The first kappa shape index (κ1) is 14.2. The van der Waals surface area contributed by atoms with Crippen molar-refractivity contribution in [2.75, 3.05) is 26.4 Å². The fourth-order valence-corrected chi connectivity index (χ4v) is 4.66. The molecule has 0 radical (unpaired) electrons. The summed E-state index contributed by atoms with van der Waals surface area (Å²) in [7, 11) is -3.21. The third kappa shape index (κ3) is 2.80. The Morgan fingerprint density at radius 3 is 2.50 bits per heavy atom. The van der Waals surface area contributed by atoms with Crippen LogP contribution < -0.4 is 9.47 Å². The van der Waals surface area contributed by atoms with E-state index in [9.17, 15) is 8.42 Å². The van der Waals surface area contributed by atoms with E-state index in [0.29, 0.717) is 49.9 Å². The number of fused-ring (bicyclic) bond motifs is 1. The van der Waals surface area contributed by atoms with Crippen LogP contribution in [-0.2, 0) is 20.3 Å². The Morgan fingerprint density at radius 1 is 1.15 bits per heavy atom. The van der Waals surface area contributed by atoms with E-state index in [-0.39, 0.29) is 5.75 Å². The fourth-order valence-electron chi connectivity index (χ4n) is 2.35. The molecule has 0 bridgehead atoms. The maximum Gasteiger partial charge on any atom is 0.162 e. The van der Waals surface area contributed by atoms with E-state index in [1.165, 1.54) is 0 Å². The first-order valence-corrected chi connectivity index (χ1v) is 8.94. The summed E-state index contributed by atoms with van der Waals surface area (Å²) in [5, 5.41) is -0.400. The Kier molecular flexibility index (Phi) is 3.92. The summed E-state index contributed by atoms with van der Waals surface area (Å²) in [6.45, 7) is 1.81. The summed E-state index contributed by atoms with van der Waals surface area (Å²) < 4.78 is 41.6. The third-order valence-corrected chi connectivity index (χ3v) is 6.30. The lowest BCUT2D eigenvalue weighted by Gasteiger charge is -2.20. The highest BCUT2D eigenvalue weighted by Crippen LogP contribution is 2.36. The van der Waals surface area contributed by atoms with Gasteiger partial charge in [0.2, 0.25) is 0 Å². The molecule has 0 spiro atoms. The number of benzene rings is 1. The summed E-state index contributed by atoms with van der Waals surface area (Å²) in [6.07, 6.45) is 0.574. The van der Waals surface area contributed by atoms with Gasteiger partial charge in [0.15, 0.2) is 21.3 Å². The van der Waals surface area contributed by atoms with E-state index in [1.54, 1.807) is 12.1 Å². The van der Waals surface area contributed by atoms with Crippen LogP contribution in [0.25, 0.3) is 0 Å². The molecule has 110 valence electrons. The van der Waals surface area contributed by atoms with E-state index in [1.807, 2.05) is 0 Å². The molecule has 20 heavy (non-hydrogen) atoms. The van der Waals surface area contributed by atoms with Crippen molar-refractivity contribution in [3.05, 3.63) is 22.2 Å². The van der Waals surface area contributed by atoms with Gasteiger partial charge < -0.3 is 14.2 Å². The van der Waals surface area contributed by atoms with Crippen molar-refractivity contribution in [1.29, 1.82) is 0 Å². The minimum absolute atomic E-state index is 0.0156. The van der Waals surface area contributed by atoms with Crippen LogP contribution in [0.4, 0.5) is 0 Å². The maximum atomic E-state index is 12.3. The van der Waals surface area contributed by atoms with Crippen LogP contribution in [0.3, 0.4) is 0 Å². The normalized spacial score (nSPS) is 21.9. The molecular weight excluding hydrogens is 348 g/mol. The van der Waals surface area contributed by atoms with Gasteiger partial charge in [-0.15, -0.1) is 0 Å². The van der Waals surface area contributed by atoms with Gasteiger partial charge in [0.05, 0.1) is 17.6 Å². The molecule has 2 heterocycles. The predicted octanol–water partition coefficient (Wildman–Crippen LogP) is 1.92. The van der Waals surface area contributed by atoms with E-state index in [2.05, 4.69) is 15.9 Å². The van der Waals surface area contributed by atoms with Gasteiger partial charge >= 0.3 is 0 Å². The second-order valence-electron chi connectivity index (χ2n) is 4.88. The zero-order chi connectivity index (χ0) is 14.2. The number of halogens is 1. The number of sulfone groups is 1. The van der Waals surface area contributed by atoms with Gasteiger partial charge in [-0.2, -0.15) is 0 Å². The Labute approximate surface area is 126 Å². The average molecular weight is 363 g/mol. The first-order chi connectivity index (χ1) is 9.56. The Bertz CT molecular complexity index is 607.